The second-order valence-corrected chi connectivity index (χ2v) is 9.51. The van der Waals surface area contributed by atoms with Crippen LogP contribution < -0.4 is 15.8 Å². The minimum atomic E-state index is -3.97. The van der Waals surface area contributed by atoms with Crippen molar-refractivity contribution in [1.29, 1.82) is 0 Å². The quantitative estimate of drug-likeness (QED) is 0.433. The maximum atomic E-state index is 12.9. The summed E-state index contributed by atoms with van der Waals surface area (Å²) < 4.78 is 33.3. The number of amides is 1. The molecule has 3 rings (SSSR count). The smallest absolute Gasteiger partial charge is 0.240 e. The fraction of sp³-hybridized carbons (Fsp3) is 0.381. The van der Waals surface area contributed by atoms with E-state index in [9.17, 15) is 18.3 Å². The van der Waals surface area contributed by atoms with E-state index in [1.165, 1.54) is 19.3 Å². The third-order valence-corrected chi connectivity index (χ3v) is 6.56. The normalized spacial score (nSPS) is 17.6. The Hall–Kier alpha value is -3.02. The van der Waals surface area contributed by atoms with E-state index >= 15 is 0 Å². The maximum Gasteiger partial charge on any atom is 0.240 e. The number of aliphatic hydroxyl groups is 1. The lowest BCUT2D eigenvalue weighted by Crippen LogP contribution is -2.40. The summed E-state index contributed by atoms with van der Waals surface area (Å²) in [6.07, 6.45) is 1.86. The number of nitrogens with two attached hydrogens (primary N) is 1. The van der Waals surface area contributed by atoms with Crippen molar-refractivity contribution in [3.63, 3.8) is 0 Å². The number of nitrogens with zero attached hydrogens (tertiary/aromatic N) is 2. The van der Waals surface area contributed by atoms with Crippen LogP contribution in [0.2, 0.25) is 0 Å². The average Bonchev–Trinajstić information content (AvgIpc) is 2.75. The highest BCUT2D eigenvalue weighted by Gasteiger charge is 2.27. The van der Waals surface area contributed by atoms with Crippen LogP contribution >= 0.6 is 0 Å². The van der Waals surface area contributed by atoms with Gasteiger partial charge in [0, 0.05) is 11.8 Å². The Morgan fingerprint density at radius 1 is 1.31 bits per heavy atom. The first-order valence-corrected chi connectivity index (χ1v) is 11.5. The number of para-hydroxylation sites is 1. The lowest BCUT2D eigenvalue weighted by Gasteiger charge is -2.21. The molecule has 0 spiro atoms. The molecular formula is C21H27N5O5S. The number of rotatable bonds is 9. The molecule has 0 fully saturated rings. The molecule has 1 aliphatic carbocycles. The van der Waals surface area contributed by atoms with E-state index in [0.717, 1.165) is 0 Å². The van der Waals surface area contributed by atoms with E-state index in [-0.39, 0.29) is 35.4 Å². The Kier molecular flexibility index (Phi) is 7.12. The molecule has 0 aliphatic heterocycles. The fourth-order valence-electron chi connectivity index (χ4n) is 3.35. The van der Waals surface area contributed by atoms with Crippen molar-refractivity contribution in [2.45, 2.75) is 39.0 Å². The van der Waals surface area contributed by atoms with Crippen LogP contribution in [0.15, 0.2) is 47.1 Å². The second kappa shape index (κ2) is 9.63. The molecule has 0 saturated carbocycles. The number of nitrogens with one attached hydrogen (secondary N) is 2. The van der Waals surface area contributed by atoms with Gasteiger partial charge in [0.15, 0.2) is 0 Å². The van der Waals surface area contributed by atoms with Crippen molar-refractivity contribution in [3.05, 3.63) is 52.9 Å². The number of aromatic nitrogens is 2. The van der Waals surface area contributed by atoms with E-state index in [4.69, 9.17) is 10.5 Å². The number of hydrogen-bond donors (Lipinski definition) is 4. The molecule has 1 aliphatic rings. The van der Waals surface area contributed by atoms with Crippen molar-refractivity contribution in [3.8, 4) is 0 Å². The third-order valence-electron chi connectivity index (χ3n) is 5.02. The lowest BCUT2D eigenvalue weighted by molar-refractivity contribution is -0.119. The van der Waals surface area contributed by atoms with Gasteiger partial charge in [-0.25, -0.2) is 23.1 Å². The van der Waals surface area contributed by atoms with Gasteiger partial charge in [-0.2, -0.15) is 0 Å². The zero-order valence-electron chi connectivity index (χ0n) is 18.1. The van der Waals surface area contributed by atoms with Gasteiger partial charge in [-0.15, -0.1) is 0 Å². The summed E-state index contributed by atoms with van der Waals surface area (Å²) in [5, 5.41) is 13.6. The zero-order chi connectivity index (χ0) is 23.5. The maximum absolute atomic E-state index is 12.9. The summed E-state index contributed by atoms with van der Waals surface area (Å²) in [5.74, 6) is 0.135. The van der Waals surface area contributed by atoms with E-state index in [2.05, 4.69) is 20.0 Å². The highest BCUT2D eigenvalue weighted by molar-refractivity contribution is 7.93. The molecular weight excluding hydrogens is 434 g/mol. The Morgan fingerprint density at radius 3 is 2.69 bits per heavy atom. The number of hydrogen-bond acceptors (Lipinski definition) is 8. The molecule has 5 N–H and O–H groups in total. The van der Waals surface area contributed by atoms with E-state index in [1.54, 1.807) is 18.2 Å². The van der Waals surface area contributed by atoms with Crippen molar-refractivity contribution in [1.82, 2.24) is 14.7 Å². The summed E-state index contributed by atoms with van der Waals surface area (Å²) in [6.45, 7) is 3.51. The van der Waals surface area contributed by atoms with Gasteiger partial charge in [0.25, 0.3) is 0 Å². The number of fused-ring (bicyclic) bond motifs is 1. The van der Waals surface area contributed by atoms with Crippen molar-refractivity contribution < 1.29 is 23.1 Å². The van der Waals surface area contributed by atoms with Crippen LogP contribution in [0.1, 0.15) is 26.1 Å². The minimum Gasteiger partial charge on any atom is -0.496 e. The van der Waals surface area contributed by atoms with E-state index < -0.39 is 28.1 Å². The minimum absolute atomic E-state index is 0.0530. The third kappa shape index (κ3) is 5.23. The van der Waals surface area contributed by atoms with Crippen LogP contribution in [0.4, 0.5) is 5.82 Å². The Labute approximate surface area is 186 Å². The molecule has 11 heteroatoms. The molecule has 1 heterocycles. The Morgan fingerprint density at radius 2 is 2.03 bits per heavy atom. The van der Waals surface area contributed by atoms with Crippen LogP contribution in [-0.4, -0.2) is 48.7 Å². The van der Waals surface area contributed by atoms with Crippen LogP contribution in [0, 0.1) is 5.92 Å². The molecule has 0 saturated heterocycles. The SMILES string of the molecule is COC1=C(S(=O)(=O)NCc2nc(N[C@H](C(N)=O)C(C)C)c3ccccc3n2)CC(O)C=C1. The molecule has 172 valence electrons. The monoisotopic (exact) mass is 461 g/mol. The largest absolute Gasteiger partial charge is 0.496 e. The zero-order valence-corrected chi connectivity index (χ0v) is 18.9. The first-order chi connectivity index (χ1) is 15.1. The number of methoxy groups -OCH3 is 1. The van der Waals surface area contributed by atoms with Gasteiger partial charge in [0.1, 0.15) is 28.3 Å². The molecule has 1 unspecified atom stereocenters. The highest BCUT2D eigenvalue weighted by Crippen LogP contribution is 2.25. The number of carbonyl (C=O) groups excluding carboxylic acids is 1. The molecule has 2 atom stereocenters. The average molecular weight is 462 g/mol. The molecule has 1 aromatic carbocycles. The van der Waals surface area contributed by atoms with Crippen molar-refractivity contribution >= 4 is 32.7 Å². The second-order valence-electron chi connectivity index (χ2n) is 7.72. The fourth-order valence-corrected chi connectivity index (χ4v) is 4.65. The summed E-state index contributed by atoms with van der Waals surface area (Å²) >= 11 is 0. The molecule has 1 amide bonds. The molecule has 0 bridgehead atoms. The van der Waals surface area contributed by atoms with Gasteiger partial charge in [-0.1, -0.05) is 32.1 Å². The standard InChI is InChI=1S/C21H27N5O5S/c1-12(2)19(20(22)28)26-21-14-6-4-5-7-15(14)24-18(25-21)11-23-32(29,30)17-10-13(27)8-9-16(17)31-3/h4-9,12-13,19,23,27H,10-11H2,1-3H3,(H2,22,28)(H,24,25,26)/t13?,19-/m0/s1. The summed E-state index contributed by atoms with van der Waals surface area (Å²) in [6, 6.07) is 6.52. The van der Waals surface area contributed by atoms with Gasteiger partial charge in [-0.05, 0) is 24.1 Å². The number of ether oxygens (including phenoxy) is 1. The number of aliphatic hydroxyl groups excluding tert-OH is 1. The number of benzene rings is 1. The van der Waals surface area contributed by atoms with Crippen LogP contribution in [0.5, 0.6) is 0 Å². The van der Waals surface area contributed by atoms with Gasteiger partial charge in [0.2, 0.25) is 15.9 Å². The van der Waals surface area contributed by atoms with Gasteiger partial charge in [0.05, 0.1) is 25.3 Å². The highest BCUT2D eigenvalue weighted by atomic mass is 32.2. The summed E-state index contributed by atoms with van der Waals surface area (Å²) in [5.41, 5.74) is 6.11. The predicted octanol–water partition coefficient (Wildman–Crippen LogP) is 1.15. The Bertz CT molecular complexity index is 1180. The molecule has 0 radical (unpaired) electrons. The number of anilines is 1. The number of allylic oxidation sites excluding steroid dienone is 1. The van der Waals surface area contributed by atoms with E-state index in [1.807, 2.05) is 19.9 Å². The van der Waals surface area contributed by atoms with Crippen LogP contribution in [0.25, 0.3) is 10.9 Å². The Balaban J connectivity index is 1.92. The van der Waals surface area contributed by atoms with Crippen LogP contribution in [-0.2, 0) is 26.1 Å². The molecule has 32 heavy (non-hydrogen) atoms. The number of sulfonamides is 1. The summed E-state index contributed by atoms with van der Waals surface area (Å²) in [7, 11) is -2.61. The summed E-state index contributed by atoms with van der Waals surface area (Å²) in [4.78, 5) is 20.7. The van der Waals surface area contributed by atoms with Gasteiger partial charge >= 0.3 is 0 Å². The van der Waals surface area contributed by atoms with E-state index in [0.29, 0.717) is 16.7 Å². The first kappa shape index (κ1) is 23.6. The van der Waals surface area contributed by atoms with Crippen LogP contribution in [0.3, 0.4) is 0 Å². The molecule has 2 aromatic rings. The topological polar surface area (TPSA) is 157 Å². The molecule has 10 nitrogen and oxygen atoms in total. The van der Waals surface area contributed by atoms with Crippen molar-refractivity contribution in [2.75, 3.05) is 12.4 Å². The van der Waals surface area contributed by atoms with Crippen molar-refractivity contribution in [2.24, 2.45) is 11.7 Å². The number of carbonyl (C=O) groups is 1. The number of primary amides is 1. The predicted molar refractivity (Wildman–Crippen MR) is 121 cm³/mol. The molecule has 1 aromatic heterocycles. The van der Waals surface area contributed by atoms with Gasteiger partial charge < -0.3 is 20.9 Å². The van der Waals surface area contributed by atoms with Gasteiger partial charge in [-0.3, -0.25) is 4.79 Å². The lowest BCUT2D eigenvalue weighted by atomic mass is 10.0. The first-order valence-electron chi connectivity index (χ1n) is 10.1.